The number of nitrogens with zero attached hydrogens (tertiary/aromatic N) is 3. The molecule has 1 aliphatic rings. The maximum Gasteiger partial charge on any atom is 0.287 e. The number of rotatable bonds is 2. The molecular weight excluding hydrogens is 236 g/mol. The monoisotopic (exact) mass is 252 g/mol. The Morgan fingerprint density at radius 1 is 1.61 bits per heavy atom. The van der Waals surface area contributed by atoms with Crippen molar-refractivity contribution in [3.05, 3.63) is 28.1 Å². The summed E-state index contributed by atoms with van der Waals surface area (Å²) in [7, 11) is 1.65. The summed E-state index contributed by atoms with van der Waals surface area (Å²) >= 11 is 0. The van der Waals surface area contributed by atoms with Crippen LogP contribution in [0.5, 0.6) is 0 Å². The van der Waals surface area contributed by atoms with Gasteiger partial charge in [-0.25, -0.2) is 0 Å². The summed E-state index contributed by atoms with van der Waals surface area (Å²) in [4.78, 5) is 24.3. The van der Waals surface area contributed by atoms with Crippen LogP contribution in [0.25, 0.3) is 0 Å². The average molecular weight is 252 g/mol. The summed E-state index contributed by atoms with van der Waals surface area (Å²) in [6.07, 6.45) is 1.36. The van der Waals surface area contributed by atoms with Crippen LogP contribution >= 0.6 is 0 Å². The number of carbonyl (C=O) groups excluding carboxylic acids is 1. The number of nitro groups is 1. The van der Waals surface area contributed by atoms with Crippen LogP contribution in [-0.2, 0) is 7.05 Å². The van der Waals surface area contributed by atoms with E-state index < -0.39 is 4.92 Å². The minimum absolute atomic E-state index is 0.0522. The van der Waals surface area contributed by atoms with E-state index in [1.54, 1.807) is 11.9 Å². The highest BCUT2D eigenvalue weighted by Crippen LogP contribution is 2.18. The molecular formula is C11H16N4O3. The van der Waals surface area contributed by atoms with Gasteiger partial charge >= 0.3 is 0 Å². The smallest absolute Gasteiger partial charge is 0.287 e. The molecule has 0 aromatic carbocycles. The van der Waals surface area contributed by atoms with Gasteiger partial charge in [0.15, 0.2) is 0 Å². The van der Waals surface area contributed by atoms with Crippen molar-refractivity contribution in [2.45, 2.75) is 13.0 Å². The molecule has 0 spiro atoms. The van der Waals surface area contributed by atoms with Crippen molar-refractivity contribution in [2.24, 2.45) is 7.05 Å². The third-order valence-corrected chi connectivity index (χ3v) is 3.18. The summed E-state index contributed by atoms with van der Waals surface area (Å²) in [5.41, 5.74) is 0.305. The number of hydrogen-bond donors (Lipinski definition) is 1. The number of nitrogens with one attached hydrogen (secondary N) is 1. The van der Waals surface area contributed by atoms with Crippen molar-refractivity contribution in [3.8, 4) is 0 Å². The number of hydrogen-bond acceptors (Lipinski definition) is 4. The van der Waals surface area contributed by atoms with Gasteiger partial charge in [-0.05, 0) is 6.92 Å². The first-order chi connectivity index (χ1) is 8.50. The standard InChI is InChI=1S/C11H16N4O3/c1-8-6-12-3-4-14(8)11(16)10-5-9(15(17)18)7-13(10)2/h5,7-8,12H,3-4,6H2,1-2H3/t8-/m1/s1. The van der Waals surface area contributed by atoms with Crippen LogP contribution in [0.1, 0.15) is 17.4 Å². The molecule has 0 bridgehead atoms. The van der Waals surface area contributed by atoms with Crippen molar-refractivity contribution in [2.75, 3.05) is 19.6 Å². The quantitative estimate of drug-likeness (QED) is 0.609. The predicted molar refractivity (Wildman–Crippen MR) is 65.4 cm³/mol. The van der Waals surface area contributed by atoms with Gasteiger partial charge in [-0.3, -0.25) is 14.9 Å². The zero-order valence-electron chi connectivity index (χ0n) is 10.4. The van der Waals surface area contributed by atoms with Crippen LogP contribution in [0.4, 0.5) is 5.69 Å². The molecule has 1 N–H and O–H groups in total. The lowest BCUT2D eigenvalue weighted by Crippen LogP contribution is -2.52. The number of carbonyl (C=O) groups is 1. The summed E-state index contributed by atoms with van der Waals surface area (Å²) in [5.74, 6) is -0.153. The van der Waals surface area contributed by atoms with E-state index in [1.807, 2.05) is 6.92 Å². The predicted octanol–water partition coefficient (Wildman–Crippen LogP) is 0.367. The van der Waals surface area contributed by atoms with E-state index in [2.05, 4.69) is 5.32 Å². The number of piperazine rings is 1. The first-order valence-electron chi connectivity index (χ1n) is 5.83. The van der Waals surface area contributed by atoms with E-state index in [0.717, 1.165) is 13.1 Å². The van der Waals surface area contributed by atoms with E-state index in [-0.39, 0.29) is 17.6 Å². The molecule has 1 atom stereocenters. The molecule has 98 valence electrons. The maximum atomic E-state index is 12.3. The minimum Gasteiger partial charge on any atom is -0.340 e. The van der Waals surface area contributed by atoms with Gasteiger partial charge in [0.05, 0.1) is 11.1 Å². The summed E-state index contributed by atoms with van der Waals surface area (Å²) in [6, 6.07) is 1.43. The van der Waals surface area contributed by atoms with Gasteiger partial charge in [-0.15, -0.1) is 0 Å². The second-order valence-electron chi connectivity index (χ2n) is 4.50. The van der Waals surface area contributed by atoms with E-state index in [9.17, 15) is 14.9 Å². The highest BCUT2D eigenvalue weighted by molar-refractivity contribution is 5.93. The summed E-state index contributed by atoms with van der Waals surface area (Å²) in [6.45, 7) is 4.08. The third-order valence-electron chi connectivity index (χ3n) is 3.18. The maximum absolute atomic E-state index is 12.3. The zero-order valence-corrected chi connectivity index (χ0v) is 10.4. The number of aryl methyl sites for hydroxylation is 1. The first-order valence-corrected chi connectivity index (χ1v) is 5.83. The van der Waals surface area contributed by atoms with E-state index in [4.69, 9.17) is 0 Å². The molecule has 18 heavy (non-hydrogen) atoms. The highest BCUT2D eigenvalue weighted by atomic mass is 16.6. The largest absolute Gasteiger partial charge is 0.340 e. The zero-order chi connectivity index (χ0) is 13.3. The average Bonchev–Trinajstić information content (AvgIpc) is 2.71. The highest BCUT2D eigenvalue weighted by Gasteiger charge is 2.27. The van der Waals surface area contributed by atoms with E-state index in [0.29, 0.717) is 12.2 Å². The van der Waals surface area contributed by atoms with Crippen molar-refractivity contribution < 1.29 is 9.72 Å². The Kier molecular flexibility index (Phi) is 3.33. The molecule has 1 fully saturated rings. The fraction of sp³-hybridized carbons (Fsp3) is 0.545. The van der Waals surface area contributed by atoms with Crippen LogP contribution in [0.2, 0.25) is 0 Å². The Balaban J connectivity index is 2.25. The van der Waals surface area contributed by atoms with Gasteiger partial charge in [-0.2, -0.15) is 0 Å². The van der Waals surface area contributed by atoms with Crippen LogP contribution < -0.4 is 5.32 Å². The lowest BCUT2D eigenvalue weighted by molar-refractivity contribution is -0.384. The summed E-state index contributed by atoms with van der Waals surface area (Å²) < 4.78 is 1.51. The van der Waals surface area contributed by atoms with Crippen LogP contribution in [0.3, 0.4) is 0 Å². The minimum atomic E-state index is -0.488. The molecule has 0 unspecified atom stereocenters. The lowest BCUT2D eigenvalue weighted by Gasteiger charge is -2.33. The normalized spacial score (nSPS) is 19.9. The molecule has 2 rings (SSSR count). The SMILES string of the molecule is C[C@@H]1CNCCN1C(=O)c1cc([N+](=O)[O-])cn1C. The molecule has 1 aliphatic heterocycles. The molecule has 1 amide bonds. The van der Waals surface area contributed by atoms with Gasteiger partial charge in [-0.1, -0.05) is 0 Å². The molecule has 0 saturated carbocycles. The summed E-state index contributed by atoms with van der Waals surface area (Å²) in [5, 5.41) is 13.9. The molecule has 2 heterocycles. The fourth-order valence-electron chi connectivity index (χ4n) is 2.15. The molecule has 1 aromatic heterocycles. The molecule has 1 saturated heterocycles. The number of aromatic nitrogens is 1. The van der Waals surface area contributed by atoms with Gasteiger partial charge in [0.25, 0.3) is 11.6 Å². The Labute approximate surface area is 105 Å². The molecule has 0 radical (unpaired) electrons. The van der Waals surface area contributed by atoms with E-state index in [1.165, 1.54) is 16.8 Å². The molecule has 1 aromatic rings. The third kappa shape index (κ3) is 2.21. The Hall–Kier alpha value is -1.89. The lowest BCUT2D eigenvalue weighted by atomic mass is 10.2. The van der Waals surface area contributed by atoms with Crippen molar-refractivity contribution in [1.29, 1.82) is 0 Å². The topological polar surface area (TPSA) is 80.4 Å². The van der Waals surface area contributed by atoms with Gasteiger partial charge < -0.3 is 14.8 Å². The van der Waals surface area contributed by atoms with Crippen LogP contribution in [0, 0.1) is 10.1 Å². The molecule has 7 nitrogen and oxygen atoms in total. The van der Waals surface area contributed by atoms with Crippen LogP contribution in [-0.4, -0.2) is 46.0 Å². The Morgan fingerprint density at radius 3 is 2.89 bits per heavy atom. The fourth-order valence-corrected chi connectivity index (χ4v) is 2.15. The second-order valence-corrected chi connectivity index (χ2v) is 4.50. The second kappa shape index (κ2) is 4.77. The number of amides is 1. The Morgan fingerprint density at radius 2 is 2.33 bits per heavy atom. The van der Waals surface area contributed by atoms with Gasteiger partial charge in [0.2, 0.25) is 0 Å². The first kappa shape index (κ1) is 12.6. The van der Waals surface area contributed by atoms with Crippen molar-refractivity contribution in [1.82, 2.24) is 14.8 Å². The van der Waals surface area contributed by atoms with Gasteiger partial charge in [0.1, 0.15) is 5.69 Å². The molecule has 0 aliphatic carbocycles. The van der Waals surface area contributed by atoms with Crippen molar-refractivity contribution in [3.63, 3.8) is 0 Å². The van der Waals surface area contributed by atoms with Gasteiger partial charge in [0, 0.05) is 38.8 Å². The molecule has 7 heteroatoms. The van der Waals surface area contributed by atoms with E-state index >= 15 is 0 Å². The van der Waals surface area contributed by atoms with Crippen molar-refractivity contribution >= 4 is 11.6 Å². The Bertz CT molecular complexity index is 483. The van der Waals surface area contributed by atoms with Crippen LogP contribution in [0.15, 0.2) is 12.3 Å².